The van der Waals surface area contributed by atoms with E-state index in [0.717, 1.165) is 11.1 Å². The summed E-state index contributed by atoms with van der Waals surface area (Å²) in [6.07, 6.45) is 1.70. The lowest BCUT2D eigenvalue weighted by Crippen LogP contribution is -1.78. The summed E-state index contributed by atoms with van der Waals surface area (Å²) in [5.41, 5.74) is 2.17. The van der Waals surface area contributed by atoms with Crippen LogP contribution in [0.2, 0.25) is 5.15 Å². The van der Waals surface area contributed by atoms with E-state index < -0.39 is 0 Å². The molecule has 0 aliphatic carbocycles. The minimum atomic E-state index is 0.515. The molecule has 0 unspecified atom stereocenters. The van der Waals surface area contributed by atoms with Crippen LogP contribution in [-0.4, -0.2) is 4.98 Å². The second kappa shape index (κ2) is 3.58. The molecule has 1 heterocycles. The molecular weight excluding hydrogens is 182 g/mol. The maximum absolute atomic E-state index is 5.77. The van der Waals surface area contributed by atoms with Gasteiger partial charge in [-0.2, -0.15) is 0 Å². The van der Waals surface area contributed by atoms with E-state index in [4.69, 9.17) is 11.6 Å². The van der Waals surface area contributed by atoms with E-state index in [2.05, 4.69) is 11.1 Å². The highest BCUT2D eigenvalue weighted by molar-refractivity contribution is 6.29. The molecule has 63 valence electrons. The highest BCUT2D eigenvalue weighted by Crippen LogP contribution is 2.19. The Kier molecular flexibility index (Phi) is 2.28. The Labute approximate surface area is 82.0 Å². The normalized spacial score (nSPS) is 9.92. The number of rotatable bonds is 1. The van der Waals surface area contributed by atoms with Gasteiger partial charge in [-0.25, -0.2) is 4.98 Å². The summed E-state index contributed by atoms with van der Waals surface area (Å²) in [7, 11) is 0. The van der Waals surface area contributed by atoms with Crippen molar-refractivity contribution < 1.29 is 0 Å². The zero-order valence-electron chi connectivity index (χ0n) is 6.87. The van der Waals surface area contributed by atoms with E-state index >= 15 is 0 Å². The van der Waals surface area contributed by atoms with Crippen molar-refractivity contribution in [2.24, 2.45) is 0 Å². The number of aromatic nitrogens is 1. The van der Waals surface area contributed by atoms with E-state index in [9.17, 15) is 0 Å². The van der Waals surface area contributed by atoms with Gasteiger partial charge in [-0.15, -0.1) is 0 Å². The minimum absolute atomic E-state index is 0.515. The smallest absolute Gasteiger partial charge is 0.129 e. The Hall–Kier alpha value is -1.34. The van der Waals surface area contributed by atoms with Crippen molar-refractivity contribution in [3.05, 3.63) is 53.8 Å². The highest BCUT2D eigenvalue weighted by Gasteiger charge is 1.96. The van der Waals surface area contributed by atoms with Crippen molar-refractivity contribution in [1.29, 1.82) is 0 Å². The fourth-order valence-corrected chi connectivity index (χ4v) is 1.33. The van der Waals surface area contributed by atoms with Gasteiger partial charge >= 0.3 is 0 Å². The summed E-state index contributed by atoms with van der Waals surface area (Å²) in [6.45, 7) is 0. The van der Waals surface area contributed by atoms with Gasteiger partial charge in [0.1, 0.15) is 5.15 Å². The van der Waals surface area contributed by atoms with Gasteiger partial charge in [0, 0.05) is 6.20 Å². The maximum Gasteiger partial charge on any atom is 0.129 e. The second-order valence-corrected chi connectivity index (χ2v) is 3.05. The molecule has 0 saturated carbocycles. The average molecular weight is 189 g/mol. The molecule has 0 spiro atoms. The highest BCUT2D eigenvalue weighted by atomic mass is 35.5. The first-order chi connectivity index (χ1) is 6.36. The largest absolute Gasteiger partial charge is 0.245 e. The Bertz CT molecular complexity index is 398. The van der Waals surface area contributed by atoms with Gasteiger partial charge in [-0.1, -0.05) is 29.8 Å². The molecule has 0 bridgehead atoms. The third-order valence-corrected chi connectivity index (χ3v) is 1.97. The molecule has 1 aromatic carbocycles. The fourth-order valence-electron chi connectivity index (χ4n) is 1.15. The van der Waals surface area contributed by atoms with E-state index in [1.54, 1.807) is 6.20 Å². The quantitative estimate of drug-likeness (QED) is 0.627. The molecule has 0 N–H and O–H groups in total. The van der Waals surface area contributed by atoms with Crippen LogP contribution in [0.1, 0.15) is 0 Å². The molecule has 0 amide bonds. The number of pyridine rings is 1. The Balaban J connectivity index is 2.48. The lowest BCUT2D eigenvalue weighted by atomic mass is 10.1. The van der Waals surface area contributed by atoms with Crippen LogP contribution in [0.3, 0.4) is 0 Å². The molecular formula is C11H7ClN. The summed E-state index contributed by atoms with van der Waals surface area (Å²) >= 11 is 5.77. The van der Waals surface area contributed by atoms with Crippen LogP contribution in [0.15, 0.2) is 42.6 Å². The number of halogens is 1. The van der Waals surface area contributed by atoms with Crippen LogP contribution in [0.5, 0.6) is 0 Å². The molecule has 13 heavy (non-hydrogen) atoms. The zero-order chi connectivity index (χ0) is 9.10. The first-order valence-electron chi connectivity index (χ1n) is 3.94. The topological polar surface area (TPSA) is 12.9 Å². The molecule has 1 radical (unpaired) electrons. The Morgan fingerprint density at radius 2 is 2.15 bits per heavy atom. The van der Waals surface area contributed by atoms with Crippen LogP contribution >= 0.6 is 11.6 Å². The number of hydrogen-bond donors (Lipinski definition) is 0. The molecule has 0 aliphatic rings. The van der Waals surface area contributed by atoms with Crippen molar-refractivity contribution in [3.8, 4) is 11.1 Å². The third-order valence-electron chi connectivity index (χ3n) is 1.77. The van der Waals surface area contributed by atoms with E-state index in [1.165, 1.54) is 0 Å². The van der Waals surface area contributed by atoms with Crippen LogP contribution in [0.25, 0.3) is 11.1 Å². The van der Waals surface area contributed by atoms with Crippen LogP contribution in [-0.2, 0) is 0 Å². The van der Waals surface area contributed by atoms with Crippen LogP contribution in [0.4, 0.5) is 0 Å². The van der Waals surface area contributed by atoms with Crippen molar-refractivity contribution in [3.63, 3.8) is 0 Å². The second-order valence-electron chi connectivity index (χ2n) is 2.66. The van der Waals surface area contributed by atoms with Gasteiger partial charge in [0.2, 0.25) is 0 Å². The molecule has 0 atom stereocenters. The molecule has 0 aliphatic heterocycles. The van der Waals surface area contributed by atoms with Crippen molar-refractivity contribution >= 4 is 11.6 Å². The standard InChI is InChI=1S/C11H7ClN/c12-11-8-10(6-7-13-11)9-4-2-1-3-5-9/h1-2,4-8H. The van der Waals surface area contributed by atoms with Crippen LogP contribution in [0, 0.1) is 6.07 Å². The third kappa shape index (κ3) is 1.87. The summed E-state index contributed by atoms with van der Waals surface area (Å²) < 4.78 is 0. The maximum atomic E-state index is 5.77. The Morgan fingerprint density at radius 3 is 2.85 bits per heavy atom. The van der Waals surface area contributed by atoms with Gasteiger partial charge < -0.3 is 0 Å². The van der Waals surface area contributed by atoms with Gasteiger partial charge in [0.25, 0.3) is 0 Å². The molecule has 0 saturated heterocycles. The van der Waals surface area contributed by atoms with Gasteiger partial charge in [0.15, 0.2) is 0 Å². The predicted octanol–water partition coefficient (Wildman–Crippen LogP) is 3.20. The van der Waals surface area contributed by atoms with E-state index in [1.807, 2.05) is 36.4 Å². The predicted molar refractivity (Wildman–Crippen MR) is 53.5 cm³/mol. The molecule has 2 heteroatoms. The van der Waals surface area contributed by atoms with Crippen molar-refractivity contribution in [1.82, 2.24) is 4.98 Å². The zero-order valence-corrected chi connectivity index (χ0v) is 7.62. The molecule has 2 aromatic rings. The van der Waals surface area contributed by atoms with Gasteiger partial charge in [-0.05, 0) is 35.4 Å². The van der Waals surface area contributed by atoms with Gasteiger partial charge in [0.05, 0.1) is 0 Å². The number of nitrogens with zero attached hydrogens (tertiary/aromatic N) is 1. The van der Waals surface area contributed by atoms with Crippen LogP contribution < -0.4 is 0 Å². The molecule has 2 rings (SSSR count). The summed E-state index contributed by atoms with van der Waals surface area (Å²) in [4.78, 5) is 3.92. The fraction of sp³-hybridized carbons (Fsp3) is 0. The van der Waals surface area contributed by atoms with Crippen molar-refractivity contribution in [2.75, 3.05) is 0 Å². The molecule has 1 nitrogen and oxygen atoms in total. The summed E-state index contributed by atoms with van der Waals surface area (Å²) in [6, 6.07) is 14.5. The first kappa shape index (κ1) is 8.27. The number of hydrogen-bond acceptors (Lipinski definition) is 1. The SMILES string of the molecule is Clc1cc(-c2c[c]ccc2)ccn1. The summed E-state index contributed by atoms with van der Waals surface area (Å²) in [5, 5.41) is 0.515. The van der Waals surface area contributed by atoms with Crippen molar-refractivity contribution in [2.45, 2.75) is 0 Å². The first-order valence-corrected chi connectivity index (χ1v) is 4.32. The van der Waals surface area contributed by atoms with E-state index in [-0.39, 0.29) is 0 Å². The lowest BCUT2D eigenvalue weighted by Gasteiger charge is -1.99. The Morgan fingerprint density at radius 1 is 1.23 bits per heavy atom. The van der Waals surface area contributed by atoms with Gasteiger partial charge in [-0.3, -0.25) is 0 Å². The lowest BCUT2D eigenvalue weighted by molar-refractivity contribution is 1.33. The van der Waals surface area contributed by atoms with E-state index in [0.29, 0.717) is 5.15 Å². The summed E-state index contributed by atoms with van der Waals surface area (Å²) in [5.74, 6) is 0. The monoisotopic (exact) mass is 188 g/mol. The molecule has 1 aromatic heterocycles. The number of benzene rings is 1. The molecule has 0 fully saturated rings. The average Bonchev–Trinajstić information content (AvgIpc) is 2.19. The minimum Gasteiger partial charge on any atom is -0.245 e.